The third-order valence-electron chi connectivity index (χ3n) is 6.58. The van der Waals surface area contributed by atoms with Crippen LogP contribution in [0.15, 0.2) is 17.6 Å². The van der Waals surface area contributed by atoms with Gasteiger partial charge in [-0.2, -0.15) is 5.26 Å². The molecule has 0 spiro atoms. The lowest BCUT2D eigenvalue weighted by atomic mass is 9.81. The molecule has 2 saturated heterocycles. The molecule has 0 aliphatic carbocycles. The molecule has 2 aliphatic heterocycles. The fourth-order valence-corrected chi connectivity index (χ4v) is 5.58. The molecule has 0 saturated carbocycles. The summed E-state index contributed by atoms with van der Waals surface area (Å²) in [6, 6.07) is 4.45. The van der Waals surface area contributed by atoms with Crippen molar-refractivity contribution in [3.05, 3.63) is 23.2 Å². The third-order valence-corrected chi connectivity index (χ3v) is 8.34. The summed E-state index contributed by atoms with van der Waals surface area (Å²) in [4.78, 5) is 24.8. The lowest BCUT2D eigenvalue weighted by Gasteiger charge is -2.39. The van der Waals surface area contributed by atoms with Crippen molar-refractivity contribution in [2.24, 2.45) is 5.41 Å². The molecule has 0 bridgehead atoms. The molecule has 2 aromatic rings. The summed E-state index contributed by atoms with van der Waals surface area (Å²) in [5, 5.41) is 11.9. The maximum Gasteiger partial charge on any atom is 0.257 e. The van der Waals surface area contributed by atoms with Crippen molar-refractivity contribution in [1.29, 1.82) is 5.26 Å². The van der Waals surface area contributed by atoms with Gasteiger partial charge < -0.3 is 9.80 Å². The molecule has 1 atom stereocenters. The summed E-state index contributed by atoms with van der Waals surface area (Å²) in [7, 11) is -2.51. The fraction of sp³-hybridized carbons (Fsp3) is 0.571. The van der Waals surface area contributed by atoms with Gasteiger partial charge in [-0.25, -0.2) is 13.4 Å². The Morgan fingerprint density at radius 2 is 1.90 bits per heavy atom. The van der Waals surface area contributed by atoms with Gasteiger partial charge in [-0.1, -0.05) is 0 Å². The van der Waals surface area contributed by atoms with E-state index in [4.69, 9.17) is 0 Å². The summed E-state index contributed by atoms with van der Waals surface area (Å²) in [6.07, 6.45) is 3.20. The van der Waals surface area contributed by atoms with Gasteiger partial charge in [-0.15, -0.1) is 11.3 Å². The molecule has 1 amide bonds. The van der Waals surface area contributed by atoms with E-state index in [1.807, 2.05) is 23.3 Å². The van der Waals surface area contributed by atoms with Gasteiger partial charge in [0.05, 0.1) is 22.7 Å². The smallest absolute Gasteiger partial charge is 0.257 e. The van der Waals surface area contributed by atoms with Crippen LogP contribution in [0.25, 0.3) is 10.2 Å². The minimum atomic E-state index is -2.51. The second-order valence-electron chi connectivity index (χ2n) is 8.56. The van der Waals surface area contributed by atoms with E-state index in [9.17, 15) is 18.5 Å². The van der Waals surface area contributed by atoms with Crippen molar-refractivity contribution in [2.75, 3.05) is 44.2 Å². The highest BCUT2D eigenvalue weighted by atomic mass is 32.2. The first kappa shape index (κ1) is 22.0. The minimum Gasteiger partial charge on any atom is -0.370 e. The number of nitrogens with zero attached hydrogens (tertiary/aromatic N) is 5. The molecule has 31 heavy (non-hydrogen) atoms. The normalized spacial score (nSPS) is 20.7. The number of rotatable bonds is 4. The van der Waals surface area contributed by atoms with Gasteiger partial charge in [-0.3, -0.25) is 9.69 Å². The lowest BCUT2D eigenvalue weighted by Crippen LogP contribution is -2.51. The van der Waals surface area contributed by atoms with Crippen LogP contribution in [0.4, 0.5) is 5.69 Å². The van der Waals surface area contributed by atoms with Gasteiger partial charge >= 0.3 is 0 Å². The second kappa shape index (κ2) is 8.73. The summed E-state index contributed by atoms with van der Waals surface area (Å²) < 4.78 is 22.6. The van der Waals surface area contributed by atoms with Crippen molar-refractivity contribution >= 4 is 43.9 Å². The Balaban J connectivity index is 1.59. The fourth-order valence-electron chi connectivity index (χ4n) is 4.35. The Bertz CT molecular complexity index is 1080. The number of aromatic nitrogens is 1. The second-order valence-corrected chi connectivity index (χ2v) is 10.8. The van der Waals surface area contributed by atoms with E-state index >= 15 is 0 Å². The van der Waals surface area contributed by atoms with E-state index in [0.29, 0.717) is 31.7 Å². The Morgan fingerprint density at radius 1 is 1.23 bits per heavy atom. The Kier molecular flexibility index (Phi) is 6.19. The Hall–Kier alpha value is -2.22. The first-order chi connectivity index (χ1) is 14.8. The van der Waals surface area contributed by atoms with Crippen molar-refractivity contribution in [3.63, 3.8) is 0 Å². The number of pyridine rings is 1. The summed E-state index contributed by atoms with van der Waals surface area (Å²) in [5.41, 5.74) is 1.18. The molecule has 4 rings (SSSR count). The highest BCUT2D eigenvalue weighted by Gasteiger charge is 2.34. The number of nitriles is 1. The Morgan fingerprint density at radius 3 is 2.52 bits per heavy atom. The summed E-state index contributed by atoms with van der Waals surface area (Å²) in [6.45, 7) is 7.16. The van der Waals surface area contributed by atoms with E-state index in [-0.39, 0.29) is 11.3 Å². The molecule has 0 N–H and O–H groups in total. The predicted molar refractivity (Wildman–Crippen MR) is 122 cm³/mol. The van der Waals surface area contributed by atoms with Crippen LogP contribution in [0.5, 0.6) is 0 Å². The van der Waals surface area contributed by atoms with Gasteiger partial charge in [0.15, 0.2) is 10.7 Å². The number of carbonyl (C=O) groups excluding carboxylic acids is 1. The van der Waals surface area contributed by atoms with Crippen LogP contribution < -0.4 is 4.90 Å². The average Bonchev–Trinajstić information content (AvgIpc) is 3.27. The van der Waals surface area contributed by atoms with Crippen LogP contribution in [-0.4, -0.2) is 73.8 Å². The highest BCUT2D eigenvalue weighted by molar-refractivity contribution is 7.73. The summed E-state index contributed by atoms with van der Waals surface area (Å²) in [5.74, 6) is -0.0666. The number of anilines is 1. The van der Waals surface area contributed by atoms with Crippen LogP contribution in [-0.2, 0) is 10.7 Å². The minimum absolute atomic E-state index is 0.0666. The van der Waals surface area contributed by atoms with Crippen molar-refractivity contribution in [2.45, 2.75) is 32.1 Å². The van der Waals surface area contributed by atoms with Crippen LogP contribution in [0.2, 0.25) is 0 Å². The highest BCUT2D eigenvalue weighted by Crippen LogP contribution is 2.38. The Labute approximate surface area is 188 Å². The van der Waals surface area contributed by atoms with Gasteiger partial charge in [-0.05, 0) is 38.1 Å². The topological polar surface area (TPSA) is 97.6 Å². The molecule has 8 nitrogen and oxygen atoms in total. The number of carbonyl (C=O) groups is 1. The molecule has 2 aromatic heterocycles. The van der Waals surface area contributed by atoms with Gasteiger partial charge in [0.1, 0.15) is 10.2 Å². The van der Waals surface area contributed by atoms with Crippen LogP contribution in [0.3, 0.4) is 0 Å². The van der Waals surface area contributed by atoms with E-state index in [1.165, 1.54) is 0 Å². The van der Waals surface area contributed by atoms with E-state index in [1.54, 1.807) is 29.4 Å². The molecular formula is C21H27N5O3S2. The summed E-state index contributed by atoms with van der Waals surface area (Å²) >= 11 is 1.55. The first-order valence-corrected chi connectivity index (χ1v) is 12.6. The maximum absolute atomic E-state index is 13.5. The first-order valence-electron chi connectivity index (χ1n) is 10.5. The van der Waals surface area contributed by atoms with Crippen LogP contribution in [0.1, 0.15) is 37.0 Å². The zero-order chi connectivity index (χ0) is 22.2. The maximum atomic E-state index is 13.5. The number of hydrogen-bond donors (Lipinski definition) is 1. The zero-order valence-corrected chi connectivity index (χ0v) is 19.5. The molecule has 10 heteroatoms. The molecular weight excluding hydrogens is 434 g/mol. The number of amides is 1. The number of thiol groups is 1. The number of thiophene rings is 1. The van der Waals surface area contributed by atoms with Crippen molar-refractivity contribution < 1.29 is 13.2 Å². The van der Waals surface area contributed by atoms with E-state index in [2.05, 4.69) is 16.0 Å². The van der Waals surface area contributed by atoms with Crippen LogP contribution >= 0.6 is 11.3 Å². The van der Waals surface area contributed by atoms with Gasteiger partial charge in [0.2, 0.25) is 0 Å². The SMILES string of the molecule is CC(N1CCN(C(=O)c2cnc3sccc3c2N2CCC(C)(C#N)CC2)CC1)[SH](=O)=O. The quantitative estimate of drug-likeness (QED) is 0.697. The van der Waals surface area contributed by atoms with Gasteiger partial charge in [0.25, 0.3) is 5.91 Å². The molecule has 0 radical (unpaired) electrons. The molecule has 0 aromatic carbocycles. The van der Waals surface area contributed by atoms with E-state index in [0.717, 1.165) is 41.8 Å². The molecule has 1 unspecified atom stereocenters. The zero-order valence-electron chi connectivity index (χ0n) is 17.8. The standard InChI is InChI=1S/C21H27N5O3S2/c1-15(31(28)29)24-8-10-26(11-9-24)20(27)17-13-23-19-16(3-12-30-19)18(17)25-6-4-21(2,14-22)5-7-25/h3,12-13,15,31H,4-11H2,1-2H3. The molecule has 166 valence electrons. The monoisotopic (exact) mass is 461 g/mol. The van der Waals surface area contributed by atoms with Crippen molar-refractivity contribution in [3.8, 4) is 6.07 Å². The van der Waals surface area contributed by atoms with Crippen molar-refractivity contribution in [1.82, 2.24) is 14.8 Å². The van der Waals surface area contributed by atoms with Gasteiger partial charge in [0, 0.05) is 50.9 Å². The lowest BCUT2D eigenvalue weighted by molar-refractivity contribution is 0.0628. The number of piperidine rings is 1. The number of hydrogen-bond acceptors (Lipinski definition) is 8. The van der Waals surface area contributed by atoms with E-state index < -0.39 is 16.1 Å². The average molecular weight is 462 g/mol. The number of fused-ring (bicyclic) bond motifs is 1. The third kappa shape index (κ3) is 4.27. The molecule has 2 aliphatic rings. The van der Waals surface area contributed by atoms with Crippen LogP contribution in [0, 0.1) is 16.7 Å². The molecule has 4 heterocycles. The predicted octanol–water partition coefficient (Wildman–Crippen LogP) is 2.14. The molecule has 2 fully saturated rings. The largest absolute Gasteiger partial charge is 0.370 e. The number of piperazine rings is 1.